The maximum Gasteiger partial charge on any atom is 0.276 e. The molecule has 0 unspecified atom stereocenters. The molecular formula is C14H17Cl2N5O. The molecular weight excluding hydrogens is 325 g/mol. The van der Waals surface area contributed by atoms with E-state index in [1.54, 1.807) is 12.3 Å². The van der Waals surface area contributed by atoms with Gasteiger partial charge in [-0.3, -0.25) is 10.1 Å². The number of carbonyl (C=O) groups is 1. The Morgan fingerprint density at radius 3 is 2.95 bits per heavy atom. The molecule has 0 saturated carbocycles. The number of H-pyrrole nitrogens is 1. The van der Waals surface area contributed by atoms with Gasteiger partial charge in [-0.2, -0.15) is 0 Å². The highest BCUT2D eigenvalue weighted by molar-refractivity contribution is 6.14. The highest BCUT2D eigenvalue weighted by atomic mass is 35.5. The lowest BCUT2D eigenvalue weighted by atomic mass is 10.2. The third-order valence-corrected chi connectivity index (χ3v) is 3.01. The molecule has 0 bridgehead atoms. The van der Waals surface area contributed by atoms with Crippen LogP contribution in [0.25, 0.3) is 17.1 Å². The lowest BCUT2D eigenvalue weighted by molar-refractivity contribution is -0.115. The first kappa shape index (κ1) is 18.0. The number of aromatic amines is 1. The largest absolute Gasteiger partial charge is 0.356 e. The van der Waals surface area contributed by atoms with Gasteiger partial charge in [-0.15, -0.1) is 24.8 Å². The van der Waals surface area contributed by atoms with Gasteiger partial charge >= 0.3 is 0 Å². The van der Waals surface area contributed by atoms with Crippen molar-refractivity contribution < 1.29 is 4.79 Å². The van der Waals surface area contributed by atoms with Crippen molar-refractivity contribution in [1.29, 1.82) is 0 Å². The van der Waals surface area contributed by atoms with Gasteiger partial charge in [0.2, 0.25) is 5.96 Å². The average molecular weight is 342 g/mol. The van der Waals surface area contributed by atoms with Crippen molar-refractivity contribution in [2.45, 2.75) is 13.3 Å². The number of aliphatic imine (C=N–C) groups is 1. The standard InChI is InChI=1S/C14H15N5O.2ClH/c1-2-5-16-14-18-11(13(20)19-14)7-9-8-17-12-10(9)4-3-6-15-12;;/h3-4,6-8H,2,5H2,1H3,(H,15,17)(H2,16,18,19,20);2*1H/b11-7-;;. The second-order valence-corrected chi connectivity index (χ2v) is 4.51. The maximum absolute atomic E-state index is 11.9. The van der Waals surface area contributed by atoms with Crippen molar-refractivity contribution in [3.05, 3.63) is 35.8 Å². The molecule has 0 atom stereocenters. The number of guanidine groups is 1. The topological polar surface area (TPSA) is 82.2 Å². The minimum atomic E-state index is -0.193. The van der Waals surface area contributed by atoms with Crippen LogP contribution in [-0.4, -0.2) is 28.4 Å². The number of hydrogen-bond acceptors (Lipinski definition) is 4. The van der Waals surface area contributed by atoms with Gasteiger partial charge in [0.15, 0.2) is 0 Å². The van der Waals surface area contributed by atoms with E-state index >= 15 is 0 Å². The first-order valence-electron chi connectivity index (χ1n) is 6.55. The van der Waals surface area contributed by atoms with Crippen LogP contribution < -0.4 is 10.6 Å². The zero-order chi connectivity index (χ0) is 13.9. The normalized spacial score (nSPS) is 15.0. The molecule has 2 aromatic rings. The number of carbonyl (C=O) groups excluding carboxylic acids is 1. The van der Waals surface area contributed by atoms with Crippen LogP contribution in [0.5, 0.6) is 0 Å². The van der Waals surface area contributed by atoms with Crippen LogP contribution in [-0.2, 0) is 4.79 Å². The van der Waals surface area contributed by atoms with E-state index in [0.717, 1.165) is 29.6 Å². The molecule has 1 amide bonds. The molecule has 0 saturated heterocycles. The number of nitrogens with one attached hydrogen (secondary N) is 3. The van der Waals surface area contributed by atoms with Crippen molar-refractivity contribution in [2.75, 3.05) is 6.54 Å². The van der Waals surface area contributed by atoms with Gasteiger partial charge in [0.25, 0.3) is 5.91 Å². The van der Waals surface area contributed by atoms with Crippen LogP contribution >= 0.6 is 24.8 Å². The third kappa shape index (κ3) is 3.58. The lowest BCUT2D eigenvalue weighted by Crippen LogP contribution is -2.36. The molecule has 3 rings (SSSR count). The highest BCUT2D eigenvalue weighted by Gasteiger charge is 2.19. The van der Waals surface area contributed by atoms with Crippen LogP contribution in [0.1, 0.15) is 18.9 Å². The summed E-state index contributed by atoms with van der Waals surface area (Å²) in [5.74, 6) is 0.322. The second-order valence-electron chi connectivity index (χ2n) is 4.51. The second kappa shape index (κ2) is 7.82. The number of pyridine rings is 1. The van der Waals surface area contributed by atoms with Gasteiger partial charge in [0, 0.05) is 29.9 Å². The highest BCUT2D eigenvalue weighted by Crippen LogP contribution is 2.20. The maximum atomic E-state index is 11.9. The summed E-state index contributed by atoms with van der Waals surface area (Å²) in [6.07, 6.45) is 6.28. The predicted octanol–water partition coefficient (Wildman–Crippen LogP) is 2.23. The molecule has 3 N–H and O–H groups in total. The van der Waals surface area contributed by atoms with Crippen LogP contribution in [0.2, 0.25) is 0 Å². The Balaban J connectivity index is 0.00000121. The smallest absolute Gasteiger partial charge is 0.276 e. The predicted molar refractivity (Wildman–Crippen MR) is 92.4 cm³/mol. The lowest BCUT2D eigenvalue weighted by Gasteiger charge is -2.01. The molecule has 1 aliphatic heterocycles. The van der Waals surface area contributed by atoms with Gasteiger partial charge < -0.3 is 10.3 Å². The van der Waals surface area contributed by atoms with Crippen molar-refractivity contribution in [1.82, 2.24) is 20.6 Å². The van der Waals surface area contributed by atoms with Crippen molar-refractivity contribution >= 4 is 53.8 Å². The SMILES string of the molecule is CCCNC1=N/C(=C\c2c[nH]c3ncccc23)C(=O)N1.Cl.Cl. The summed E-state index contributed by atoms with van der Waals surface area (Å²) < 4.78 is 0. The number of hydrogen-bond donors (Lipinski definition) is 3. The zero-order valence-corrected chi connectivity index (χ0v) is 13.6. The van der Waals surface area contributed by atoms with E-state index in [1.807, 2.05) is 18.3 Å². The fourth-order valence-corrected chi connectivity index (χ4v) is 2.04. The molecule has 1 aliphatic rings. The van der Waals surface area contributed by atoms with Gasteiger partial charge in [0.05, 0.1) is 0 Å². The van der Waals surface area contributed by atoms with Crippen LogP contribution in [0, 0.1) is 0 Å². The first-order chi connectivity index (χ1) is 9.78. The minimum Gasteiger partial charge on any atom is -0.356 e. The molecule has 118 valence electrons. The van der Waals surface area contributed by atoms with Gasteiger partial charge in [0.1, 0.15) is 11.3 Å². The number of amides is 1. The van der Waals surface area contributed by atoms with Crippen molar-refractivity contribution in [2.24, 2.45) is 4.99 Å². The fourth-order valence-electron chi connectivity index (χ4n) is 2.04. The summed E-state index contributed by atoms with van der Waals surface area (Å²) in [6, 6.07) is 3.82. The van der Waals surface area contributed by atoms with E-state index in [4.69, 9.17) is 0 Å². The summed E-state index contributed by atoms with van der Waals surface area (Å²) in [7, 11) is 0. The van der Waals surface area contributed by atoms with Gasteiger partial charge in [-0.05, 0) is 24.6 Å². The molecule has 3 heterocycles. The minimum absolute atomic E-state index is 0. The summed E-state index contributed by atoms with van der Waals surface area (Å²) in [5, 5.41) is 6.74. The number of aromatic nitrogens is 2. The Morgan fingerprint density at radius 1 is 1.36 bits per heavy atom. The number of halogens is 2. The van der Waals surface area contributed by atoms with Crippen molar-refractivity contribution in [3.63, 3.8) is 0 Å². The van der Waals surface area contributed by atoms with E-state index in [1.165, 1.54) is 0 Å². The molecule has 6 nitrogen and oxygen atoms in total. The zero-order valence-electron chi connectivity index (χ0n) is 11.9. The average Bonchev–Trinajstić information content (AvgIpc) is 3.02. The Kier molecular flexibility index (Phi) is 6.39. The van der Waals surface area contributed by atoms with E-state index in [2.05, 4.69) is 32.5 Å². The Labute approximate surface area is 140 Å². The number of nitrogens with zero attached hydrogens (tertiary/aromatic N) is 2. The summed E-state index contributed by atoms with van der Waals surface area (Å²) in [5.41, 5.74) is 2.10. The Bertz CT molecular complexity index is 723. The Hall–Kier alpha value is -2.05. The monoisotopic (exact) mass is 341 g/mol. The first-order valence-corrected chi connectivity index (χ1v) is 6.55. The van der Waals surface area contributed by atoms with Crippen LogP contribution in [0.4, 0.5) is 0 Å². The van der Waals surface area contributed by atoms with Crippen molar-refractivity contribution in [3.8, 4) is 0 Å². The molecule has 0 fully saturated rings. The molecule has 8 heteroatoms. The molecule has 0 aliphatic carbocycles. The fraction of sp³-hybridized carbons (Fsp3) is 0.214. The molecule has 0 spiro atoms. The van der Waals surface area contributed by atoms with Gasteiger partial charge in [-0.1, -0.05) is 6.92 Å². The Morgan fingerprint density at radius 2 is 2.18 bits per heavy atom. The molecule has 0 aromatic carbocycles. The number of fused-ring (bicyclic) bond motifs is 1. The van der Waals surface area contributed by atoms with E-state index in [9.17, 15) is 4.79 Å². The van der Waals surface area contributed by atoms with E-state index < -0.39 is 0 Å². The third-order valence-electron chi connectivity index (χ3n) is 3.01. The number of rotatable bonds is 3. The van der Waals surface area contributed by atoms with Crippen LogP contribution in [0.15, 0.2) is 35.2 Å². The summed E-state index contributed by atoms with van der Waals surface area (Å²) in [6.45, 7) is 2.84. The summed E-state index contributed by atoms with van der Waals surface area (Å²) >= 11 is 0. The quantitative estimate of drug-likeness (QED) is 0.748. The molecule has 2 aromatic heterocycles. The molecule has 0 radical (unpaired) electrons. The van der Waals surface area contributed by atoms with Crippen LogP contribution in [0.3, 0.4) is 0 Å². The van der Waals surface area contributed by atoms with Gasteiger partial charge in [-0.25, -0.2) is 9.98 Å². The summed E-state index contributed by atoms with van der Waals surface area (Å²) in [4.78, 5) is 23.4. The molecule has 22 heavy (non-hydrogen) atoms. The van der Waals surface area contributed by atoms with E-state index in [0.29, 0.717) is 11.7 Å². The van der Waals surface area contributed by atoms with E-state index in [-0.39, 0.29) is 30.7 Å².